The molecule has 27 heavy (non-hydrogen) atoms. The van der Waals surface area contributed by atoms with Gasteiger partial charge in [-0.3, -0.25) is 4.79 Å². The minimum atomic E-state index is 0.109. The smallest absolute Gasteiger partial charge is 0.254 e. The Hall–Kier alpha value is -2.07. The molecule has 4 heteroatoms. The van der Waals surface area contributed by atoms with Crippen LogP contribution < -0.4 is 0 Å². The zero-order valence-electron chi connectivity index (χ0n) is 16.5. The number of aryl methyl sites for hydroxylation is 1. The van der Waals surface area contributed by atoms with E-state index >= 15 is 0 Å². The van der Waals surface area contributed by atoms with Crippen LogP contribution >= 0.6 is 15.9 Å². The van der Waals surface area contributed by atoms with Crippen LogP contribution in [-0.4, -0.2) is 21.8 Å². The van der Waals surface area contributed by atoms with Gasteiger partial charge in [0.2, 0.25) is 0 Å². The summed E-state index contributed by atoms with van der Waals surface area (Å²) in [6.07, 6.45) is 3.87. The Morgan fingerprint density at radius 1 is 1.19 bits per heavy atom. The highest BCUT2D eigenvalue weighted by Crippen LogP contribution is 2.31. The molecule has 4 rings (SSSR count). The lowest BCUT2D eigenvalue weighted by molar-refractivity contribution is 0.0677. The van der Waals surface area contributed by atoms with Crippen molar-refractivity contribution < 1.29 is 4.79 Å². The highest BCUT2D eigenvalue weighted by molar-refractivity contribution is 9.10. The van der Waals surface area contributed by atoms with Gasteiger partial charge in [-0.25, -0.2) is 0 Å². The van der Waals surface area contributed by atoms with E-state index < -0.39 is 0 Å². The second kappa shape index (κ2) is 8.30. The van der Waals surface area contributed by atoms with Crippen molar-refractivity contribution in [3.63, 3.8) is 0 Å². The first-order chi connectivity index (χ1) is 13.1. The van der Waals surface area contributed by atoms with Crippen LogP contribution in [0.2, 0.25) is 0 Å². The summed E-state index contributed by atoms with van der Waals surface area (Å²) in [5, 5.41) is 0. The van der Waals surface area contributed by atoms with E-state index in [2.05, 4.69) is 70.7 Å². The minimum absolute atomic E-state index is 0.109. The first-order valence-electron chi connectivity index (χ1n) is 9.77. The number of hydrogen-bond donors (Lipinski definition) is 0. The number of nitrogens with zero attached hydrogens (tertiary/aromatic N) is 2. The molecule has 3 heterocycles. The van der Waals surface area contributed by atoms with E-state index in [1.54, 1.807) is 0 Å². The van der Waals surface area contributed by atoms with Crippen molar-refractivity contribution >= 4 is 27.4 Å². The average molecular weight is 427 g/mol. The number of fused-ring (bicyclic) bond motifs is 2. The largest absolute Gasteiger partial charge is 0.332 e. The number of carbonyl (C=O) groups excluding carboxylic acids is 1. The molecule has 0 N–H and O–H groups in total. The van der Waals surface area contributed by atoms with Crippen LogP contribution in [0.15, 0.2) is 53.1 Å². The van der Waals surface area contributed by atoms with Crippen LogP contribution in [0, 0.1) is 0 Å². The van der Waals surface area contributed by atoms with Gasteiger partial charge in [0.25, 0.3) is 5.91 Å². The van der Waals surface area contributed by atoms with E-state index in [1.807, 2.05) is 30.9 Å². The van der Waals surface area contributed by atoms with E-state index in [-0.39, 0.29) is 11.9 Å². The normalized spacial score (nSPS) is 15.9. The third-order valence-electron chi connectivity index (χ3n) is 5.22. The van der Waals surface area contributed by atoms with Crippen molar-refractivity contribution in [2.75, 3.05) is 6.54 Å². The van der Waals surface area contributed by atoms with Crippen molar-refractivity contribution in [1.82, 2.24) is 9.30 Å². The van der Waals surface area contributed by atoms with Crippen LogP contribution in [0.3, 0.4) is 0 Å². The number of hydrogen-bond acceptors (Lipinski definition) is 1. The van der Waals surface area contributed by atoms with Gasteiger partial charge in [-0.2, -0.15) is 0 Å². The number of aromatic nitrogens is 1. The lowest BCUT2D eigenvalue weighted by Crippen LogP contribution is -2.38. The van der Waals surface area contributed by atoms with Gasteiger partial charge in [0.1, 0.15) is 0 Å². The molecule has 0 aliphatic carbocycles. The van der Waals surface area contributed by atoms with Gasteiger partial charge in [0.15, 0.2) is 0 Å². The molecule has 1 aromatic carbocycles. The molecule has 0 saturated heterocycles. The van der Waals surface area contributed by atoms with Crippen LogP contribution in [0.5, 0.6) is 0 Å². The van der Waals surface area contributed by atoms with E-state index in [0.717, 1.165) is 40.6 Å². The predicted molar refractivity (Wildman–Crippen MR) is 115 cm³/mol. The highest BCUT2D eigenvalue weighted by atomic mass is 79.9. The van der Waals surface area contributed by atoms with E-state index in [9.17, 15) is 4.79 Å². The molecule has 1 aliphatic rings. The standard InChI is InChI=1S/C21H21BrN2O.C2H6/c1-3-18-10-16(11-19-12-17(22)13-24(18)19)21(25)23-9-8-15-6-4-5-7-20(15)14(23)2;1-2/h4-7,10-14H,3,8-9H2,1-2H3;1-2H3. The molecule has 0 saturated carbocycles. The number of carbonyl (C=O) groups is 1. The number of benzene rings is 1. The van der Waals surface area contributed by atoms with Gasteiger partial charge >= 0.3 is 0 Å². The maximum absolute atomic E-state index is 13.2. The van der Waals surface area contributed by atoms with Crippen molar-refractivity contribution in [1.29, 1.82) is 0 Å². The number of amides is 1. The lowest BCUT2D eigenvalue weighted by Gasteiger charge is -2.35. The molecule has 0 fully saturated rings. The number of rotatable bonds is 2. The Balaban J connectivity index is 0.00000102. The van der Waals surface area contributed by atoms with E-state index in [1.165, 1.54) is 11.1 Å². The molecule has 0 bridgehead atoms. The van der Waals surface area contributed by atoms with Crippen LogP contribution in [0.25, 0.3) is 5.52 Å². The van der Waals surface area contributed by atoms with Gasteiger partial charge in [-0.15, -0.1) is 0 Å². The van der Waals surface area contributed by atoms with Crippen LogP contribution in [0.1, 0.15) is 60.9 Å². The summed E-state index contributed by atoms with van der Waals surface area (Å²) < 4.78 is 3.18. The van der Waals surface area contributed by atoms with Crippen molar-refractivity contribution in [2.24, 2.45) is 0 Å². The molecule has 2 aromatic heterocycles. The van der Waals surface area contributed by atoms with Crippen molar-refractivity contribution in [3.8, 4) is 0 Å². The van der Waals surface area contributed by atoms with E-state index in [0.29, 0.717) is 0 Å². The summed E-state index contributed by atoms with van der Waals surface area (Å²) in [5.74, 6) is 0.122. The topological polar surface area (TPSA) is 24.7 Å². The lowest BCUT2D eigenvalue weighted by atomic mass is 9.93. The maximum Gasteiger partial charge on any atom is 0.254 e. The highest BCUT2D eigenvalue weighted by Gasteiger charge is 2.28. The molecule has 0 spiro atoms. The Bertz CT molecular complexity index is 960. The van der Waals surface area contributed by atoms with E-state index in [4.69, 9.17) is 0 Å². The molecule has 1 amide bonds. The minimum Gasteiger partial charge on any atom is -0.332 e. The Morgan fingerprint density at radius 3 is 2.67 bits per heavy atom. The molecular formula is C23H27BrN2O. The fourth-order valence-electron chi connectivity index (χ4n) is 3.87. The molecule has 0 radical (unpaired) electrons. The van der Waals surface area contributed by atoms with Gasteiger partial charge in [-0.05, 0) is 65.0 Å². The zero-order valence-corrected chi connectivity index (χ0v) is 18.1. The van der Waals surface area contributed by atoms with Crippen molar-refractivity contribution in [3.05, 3.63) is 75.5 Å². The first-order valence-corrected chi connectivity index (χ1v) is 10.6. The average Bonchev–Trinajstić information content (AvgIpc) is 3.09. The molecule has 3 nitrogen and oxygen atoms in total. The first kappa shape index (κ1) is 19.7. The van der Waals surface area contributed by atoms with Crippen LogP contribution in [0.4, 0.5) is 0 Å². The molecule has 3 aromatic rings. The van der Waals surface area contributed by atoms with Gasteiger partial charge in [0.05, 0.1) is 6.04 Å². The summed E-state index contributed by atoms with van der Waals surface area (Å²) in [4.78, 5) is 15.2. The van der Waals surface area contributed by atoms with Crippen molar-refractivity contribution in [2.45, 2.75) is 46.6 Å². The molecule has 1 atom stereocenters. The third kappa shape index (κ3) is 3.68. The summed E-state index contributed by atoms with van der Waals surface area (Å²) >= 11 is 3.54. The van der Waals surface area contributed by atoms with Crippen LogP contribution in [-0.2, 0) is 12.8 Å². The monoisotopic (exact) mass is 426 g/mol. The predicted octanol–water partition coefficient (Wildman–Crippen LogP) is 6.05. The SMILES string of the molecule is CC.CCc1cc(C(=O)N2CCc3ccccc3C2C)cc2cc(Br)cn12. The second-order valence-corrected chi connectivity index (χ2v) is 7.58. The van der Waals surface area contributed by atoms with Gasteiger partial charge in [0, 0.05) is 34.0 Å². The fourth-order valence-corrected chi connectivity index (χ4v) is 4.31. The zero-order chi connectivity index (χ0) is 19.6. The Morgan fingerprint density at radius 2 is 1.93 bits per heavy atom. The molecular weight excluding hydrogens is 400 g/mol. The number of pyridine rings is 1. The maximum atomic E-state index is 13.2. The fraction of sp³-hybridized carbons (Fsp3) is 0.348. The molecule has 1 aliphatic heterocycles. The Kier molecular flexibility index (Phi) is 6.05. The summed E-state index contributed by atoms with van der Waals surface area (Å²) in [6, 6.07) is 14.7. The van der Waals surface area contributed by atoms with Gasteiger partial charge in [-0.1, -0.05) is 45.0 Å². The summed E-state index contributed by atoms with van der Waals surface area (Å²) in [6.45, 7) is 9.02. The quantitative estimate of drug-likeness (QED) is 0.489. The summed E-state index contributed by atoms with van der Waals surface area (Å²) in [5.41, 5.74) is 5.61. The summed E-state index contributed by atoms with van der Waals surface area (Å²) in [7, 11) is 0. The third-order valence-corrected chi connectivity index (χ3v) is 5.65. The second-order valence-electron chi connectivity index (χ2n) is 6.67. The molecule has 1 unspecified atom stereocenters. The van der Waals surface area contributed by atoms with Gasteiger partial charge < -0.3 is 9.30 Å². The molecule has 142 valence electrons. The number of halogens is 1. The Labute approximate surface area is 170 Å².